The lowest BCUT2D eigenvalue weighted by molar-refractivity contribution is -0.136. The molecule has 1 heterocycles. The summed E-state index contributed by atoms with van der Waals surface area (Å²) in [6.45, 7) is 5.52. The molecule has 1 fully saturated rings. The third kappa shape index (κ3) is 3.66. The van der Waals surface area contributed by atoms with E-state index in [9.17, 15) is 13.2 Å². The summed E-state index contributed by atoms with van der Waals surface area (Å²) in [5.74, 6) is -0.972. The van der Waals surface area contributed by atoms with Crippen LogP contribution in [0.5, 0.6) is 0 Å². The number of aliphatic carboxylic acids is 1. The molecule has 6 nitrogen and oxygen atoms in total. The van der Waals surface area contributed by atoms with Gasteiger partial charge in [0, 0.05) is 13.1 Å². The maximum absolute atomic E-state index is 12.1. The molecule has 0 aromatic heterocycles. The maximum Gasteiger partial charge on any atom is 0.323 e. The SMILES string of the molecule is CCN(CC1CCNCC1)S(=O)(=O)C(C)C(=O)O. The summed E-state index contributed by atoms with van der Waals surface area (Å²) in [7, 11) is -3.74. The summed E-state index contributed by atoms with van der Waals surface area (Å²) in [5.41, 5.74) is 0. The van der Waals surface area contributed by atoms with Crippen LogP contribution in [0.2, 0.25) is 0 Å². The largest absolute Gasteiger partial charge is 0.480 e. The molecule has 0 radical (unpaired) electrons. The molecule has 2 N–H and O–H groups in total. The molecular weight excluding hydrogens is 256 g/mol. The molecule has 1 atom stereocenters. The van der Waals surface area contributed by atoms with Crippen molar-refractivity contribution in [1.29, 1.82) is 0 Å². The standard InChI is InChI=1S/C11H22N2O4S/c1-3-13(8-10-4-6-12-7-5-10)18(16,17)9(2)11(14)15/h9-10,12H,3-8H2,1-2H3,(H,14,15). The Morgan fingerprint density at radius 2 is 2.00 bits per heavy atom. The van der Waals surface area contributed by atoms with E-state index in [1.165, 1.54) is 11.2 Å². The van der Waals surface area contributed by atoms with Gasteiger partial charge in [-0.15, -0.1) is 0 Å². The van der Waals surface area contributed by atoms with Crippen LogP contribution >= 0.6 is 0 Å². The Kier molecular flexibility index (Phi) is 5.55. The number of hydrogen-bond acceptors (Lipinski definition) is 4. The van der Waals surface area contributed by atoms with E-state index >= 15 is 0 Å². The van der Waals surface area contributed by atoms with E-state index < -0.39 is 21.2 Å². The van der Waals surface area contributed by atoms with Crippen molar-refractivity contribution in [2.75, 3.05) is 26.2 Å². The van der Waals surface area contributed by atoms with E-state index in [1.54, 1.807) is 6.92 Å². The summed E-state index contributed by atoms with van der Waals surface area (Å²) in [4.78, 5) is 10.8. The fourth-order valence-electron chi connectivity index (χ4n) is 2.12. The molecule has 18 heavy (non-hydrogen) atoms. The highest BCUT2D eigenvalue weighted by Gasteiger charge is 2.34. The van der Waals surface area contributed by atoms with Crippen LogP contribution in [0, 0.1) is 5.92 Å². The average Bonchev–Trinajstić information content (AvgIpc) is 2.35. The third-order valence-corrected chi connectivity index (χ3v) is 5.65. The Balaban J connectivity index is 2.72. The Labute approximate surface area is 108 Å². The van der Waals surface area contributed by atoms with E-state index in [2.05, 4.69) is 5.32 Å². The minimum Gasteiger partial charge on any atom is -0.480 e. The summed E-state index contributed by atoms with van der Waals surface area (Å²) in [6.07, 6.45) is 1.88. The van der Waals surface area contributed by atoms with Crippen molar-refractivity contribution >= 4 is 16.0 Å². The second-order valence-electron chi connectivity index (χ2n) is 4.67. The van der Waals surface area contributed by atoms with Crippen LogP contribution < -0.4 is 5.32 Å². The highest BCUT2D eigenvalue weighted by molar-refractivity contribution is 7.90. The van der Waals surface area contributed by atoms with Crippen molar-refractivity contribution in [2.45, 2.75) is 31.9 Å². The highest BCUT2D eigenvalue weighted by atomic mass is 32.2. The monoisotopic (exact) mass is 278 g/mol. The summed E-state index contributed by atoms with van der Waals surface area (Å²) in [6, 6.07) is 0. The first kappa shape index (κ1) is 15.4. The smallest absolute Gasteiger partial charge is 0.323 e. The van der Waals surface area contributed by atoms with Gasteiger partial charge in [-0.3, -0.25) is 4.79 Å². The first-order chi connectivity index (χ1) is 8.39. The minimum absolute atomic E-state index is 0.321. The van der Waals surface area contributed by atoms with Crippen molar-refractivity contribution in [3.8, 4) is 0 Å². The fraction of sp³-hybridized carbons (Fsp3) is 0.909. The van der Waals surface area contributed by atoms with Gasteiger partial charge in [0.2, 0.25) is 10.0 Å². The van der Waals surface area contributed by atoms with Gasteiger partial charge in [0.25, 0.3) is 0 Å². The minimum atomic E-state index is -3.74. The normalized spacial score (nSPS) is 19.9. The zero-order valence-corrected chi connectivity index (χ0v) is 11.7. The molecule has 0 aliphatic carbocycles. The molecule has 1 rings (SSSR count). The van der Waals surface area contributed by atoms with Crippen molar-refractivity contribution in [3.05, 3.63) is 0 Å². The number of carboxylic acids is 1. The number of carbonyl (C=O) groups is 1. The second-order valence-corrected chi connectivity index (χ2v) is 6.92. The van der Waals surface area contributed by atoms with Gasteiger partial charge in [-0.1, -0.05) is 6.92 Å². The number of nitrogens with one attached hydrogen (secondary N) is 1. The molecular formula is C11H22N2O4S. The van der Waals surface area contributed by atoms with Crippen LogP contribution in [-0.4, -0.2) is 55.2 Å². The van der Waals surface area contributed by atoms with Crippen molar-refractivity contribution < 1.29 is 18.3 Å². The first-order valence-corrected chi connectivity index (χ1v) is 7.82. The molecule has 1 unspecified atom stereocenters. The van der Waals surface area contributed by atoms with E-state index in [1.807, 2.05) is 0 Å². The van der Waals surface area contributed by atoms with Gasteiger partial charge >= 0.3 is 5.97 Å². The lowest BCUT2D eigenvalue weighted by Crippen LogP contribution is -2.44. The van der Waals surface area contributed by atoms with E-state index in [0.717, 1.165) is 25.9 Å². The molecule has 0 aromatic rings. The number of piperidine rings is 1. The number of hydrogen-bond donors (Lipinski definition) is 2. The quantitative estimate of drug-likeness (QED) is 0.720. The Bertz CT molecular complexity index is 377. The molecule has 1 aliphatic rings. The number of nitrogens with zero attached hydrogens (tertiary/aromatic N) is 1. The maximum atomic E-state index is 12.1. The third-order valence-electron chi connectivity index (χ3n) is 3.43. The van der Waals surface area contributed by atoms with E-state index in [-0.39, 0.29) is 0 Å². The van der Waals surface area contributed by atoms with Crippen molar-refractivity contribution in [1.82, 2.24) is 9.62 Å². The Morgan fingerprint density at radius 3 is 2.44 bits per heavy atom. The van der Waals surface area contributed by atoms with Gasteiger partial charge in [0.05, 0.1) is 0 Å². The van der Waals surface area contributed by atoms with Gasteiger partial charge in [-0.2, -0.15) is 0 Å². The predicted molar refractivity (Wildman–Crippen MR) is 68.9 cm³/mol. The number of carboxylic acid groups (broad SMARTS) is 1. The zero-order valence-electron chi connectivity index (χ0n) is 10.9. The van der Waals surface area contributed by atoms with Crippen molar-refractivity contribution in [3.63, 3.8) is 0 Å². The van der Waals surface area contributed by atoms with Gasteiger partial charge in [0.15, 0.2) is 5.25 Å². The van der Waals surface area contributed by atoms with E-state index in [0.29, 0.717) is 19.0 Å². The average molecular weight is 278 g/mol. The second kappa shape index (κ2) is 6.49. The van der Waals surface area contributed by atoms with Crippen LogP contribution in [0.1, 0.15) is 26.7 Å². The number of sulfonamides is 1. The molecule has 0 aromatic carbocycles. The molecule has 0 bridgehead atoms. The zero-order chi connectivity index (χ0) is 13.8. The summed E-state index contributed by atoms with van der Waals surface area (Å²) < 4.78 is 25.5. The molecule has 7 heteroatoms. The first-order valence-electron chi connectivity index (χ1n) is 6.32. The number of rotatable bonds is 6. The molecule has 106 valence electrons. The summed E-state index contributed by atoms with van der Waals surface area (Å²) in [5, 5.41) is 10.7. The molecule has 1 aliphatic heterocycles. The highest BCUT2D eigenvalue weighted by Crippen LogP contribution is 2.17. The van der Waals surface area contributed by atoms with Crippen LogP contribution in [0.3, 0.4) is 0 Å². The Hall–Kier alpha value is -0.660. The predicted octanol–water partition coefficient (Wildman–Crippen LogP) is 0.111. The molecule has 0 saturated carbocycles. The van der Waals surface area contributed by atoms with Gasteiger partial charge < -0.3 is 10.4 Å². The van der Waals surface area contributed by atoms with Gasteiger partial charge in [-0.05, 0) is 38.8 Å². The molecule has 1 saturated heterocycles. The van der Waals surface area contributed by atoms with Crippen LogP contribution in [-0.2, 0) is 14.8 Å². The topological polar surface area (TPSA) is 86.7 Å². The molecule has 0 amide bonds. The lowest BCUT2D eigenvalue weighted by atomic mass is 9.98. The van der Waals surface area contributed by atoms with Gasteiger partial charge in [-0.25, -0.2) is 12.7 Å². The van der Waals surface area contributed by atoms with Crippen LogP contribution in [0.25, 0.3) is 0 Å². The van der Waals surface area contributed by atoms with Gasteiger partial charge in [0.1, 0.15) is 0 Å². The van der Waals surface area contributed by atoms with Crippen molar-refractivity contribution in [2.24, 2.45) is 5.92 Å². The Morgan fingerprint density at radius 1 is 1.44 bits per heavy atom. The van der Waals surface area contributed by atoms with Crippen LogP contribution in [0.4, 0.5) is 0 Å². The summed E-state index contributed by atoms with van der Waals surface area (Å²) >= 11 is 0. The van der Waals surface area contributed by atoms with Crippen LogP contribution in [0.15, 0.2) is 0 Å². The van der Waals surface area contributed by atoms with E-state index in [4.69, 9.17) is 5.11 Å². The molecule has 0 spiro atoms. The fourth-order valence-corrected chi connectivity index (χ4v) is 3.60. The lowest BCUT2D eigenvalue weighted by Gasteiger charge is -2.29.